The minimum absolute atomic E-state index is 0.0803. The van der Waals surface area contributed by atoms with Crippen molar-refractivity contribution in [1.29, 1.82) is 0 Å². The van der Waals surface area contributed by atoms with Gasteiger partial charge in [-0.3, -0.25) is 21.2 Å². The summed E-state index contributed by atoms with van der Waals surface area (Å²) in [5, 5.41) is 1.14. The van der Waals surface area contributed by atoms with E-state index < -0.39 is 0 Å². The highest BCUT2D eigenvalue weighted by Crippen LogP contribution is 2.25. The van der Waals surface area contributed by atoms with Crippen LogP contribution in [0.15, 0.2) is 61.1 Å². The maximum atomic E-state index is 5.77. The van der Waals surface area contributed by atoms with Gasteiger partial charge in [0.1, 0.15) is 0 Å². The number of hydrazine groups is 1. The number of pyridine rings is 2. The lowest BCUT2D eigenvalue weighted by Gasteiger charge is -2.17. The number of nitrogens with zero attached hydrogens (tertiary/aromatic N) is 2. The second kappa shape index (κ2) is 6.43. The Morgan fingerprint density at radius 3 is 2.62 bits per heavy atom. The van der Waals surface area contributed by atoms with Crippen LogP contribution in [0.3, 0.4) is 0 Å². The molecule has 2 heterocycles. The van der Waals surface area contributed by atoms with E-state index in [1.807, 2.05) is 36.8 Å². The molecule has 0 radical (unpaired) electrons. The number of aromatic nitrogens is 2. The largest absolute Gasteiger partial charge is 0.271 e. The van der Waals surface area contributed by atoms with Crippen molar-refractivity contribution >= 4 is 10.9 Å². The molecule has 106 valence electrons. The van der Waals surface area contributed by atoms with E-state index in [2.05, 4.69) is 39.7 Å². The first kappa shape index (κ1) is 13.7. The Kier molecular flexibility index (Phi) is 4.19. The monoisotopic (exact) mass is 278 g/mol. The van der Waals surface area contributed by atoms with Crippen molar-refractivity contribution in [1.82, 2.24) is 15.4 Å². The lowest BCUT2D eigenvalue weighted by Crippen LogP contribution is -2.28. The van der Waals surface area contributed by atoms with Gasteiger partial charge in [-0.1, -0.05) is 24.3 Å². The lowest BCUT2D eigenvalue weighted by atomic mass is 9.97. The van der Waals surface area contributed by atoms with Crippen molar-refractivity contribution < 1.29 is 0 Å². The summed E-state index contributed by atoms with van der Waals surface area (Å²) >= 11 is 0. The summed E-state index contributed by atoms with van der Waals surface area (Å²) in [4.78, 5) is 8.54. The average molecular weight is 278 g/mol. The molecule has 0 fully saturated rings. The van der Waals surface area contributed by atoms with E-state index in [0.717, 1.165) is 29.3 Å². The summed E-state index contributed by atoms with van der Waals surface area (Å²) in [5.41, 5.74) is 6.34. The van der Waals surface area contributed by atoms with Crippen LogP contribution in [0.25, 0.3) is 10.9 Å². The number of hydrogen-bond donors (Lipinski definition) is 2. The Morgan fingerprint density at radius 2 is 1.81 bits per heavy atom. The predicted octanol–water partition coefficient (Wildman–Crippen LogP) is 2.77. The van der Waals surface area contributed by atoms with Gasteiger partial charge >= 0.3 is 0 Å². The van der Waals surface area contributed by atoms with Gasteiger partial charge in [-0.15, -0.1) is 0 Å². The van der Waals surface area contributed by atoms with E-state index in [1.54, 1.807) is 0 Å². The van der Waals surface area contributed by atoms with Crippen LogP contribution in [-0.2, 0) is 6.42 Å². The van der Waals surface area contributed by atoms with Gasteiger partial charge in [0.25, 0.3) is 0 Å². The fourth-order valence-corrected chi connectivity index (χ4v) is 2.60. The van der Waals surface area contributed by atoms with Crippen molar-refractivity contribution in [2.75, 3.05) is 0 Å². The van der Waals surface area contributed by atoms with Crippen LogP contribution < -0.4 is 11.3 Å². The molecular weight excluding hydrogens is 260 g/mol. The predicted molar refractivity (Wildman–Crippen MR) is 84.4 cm³/mol. The fourth-order valence-electron chi connectivity index (χ4n) is 2.60. The number of aryl methyl sites for hydroxylation is 1. The molecule has 0 aliphatic carbocycles. The number of benzene rings is 1. The van der Waals surface area contributed by atoms with Crippen LogP contribution in [0.4, 0.5) is 0 Å². The van der Waals surface area contributed by atoms with E-state index in [9.17, 15) is 0 Å². The maximum Gasteiger partial charge on any atom is 0.0750 e. The summed E-state index contributed by atoms with van der Waals surface area (Å²) in [5.74, 6) is 5.77. The van der Waals surface area contributed by atoms with E-state index in [4.69, 9.17) is 5.84 Å². The molecule has 0 aliphatic rings. The molecule has 1 aromatic carbocycles. The molecule has 3 N–H and O–H groups in total. The van der Waals surface area contributed by atoms with Gasteiger partial charge in [0, 0.05) is 30.0 Å². The molecule has 0 bridgehead atoms. The minimum atomic E-state index is 0.0803. The van der Waals surface area contributed by atoms with Crippen LogP contribution in [0.5, 0.6) is 0 Å². The zero-order chi connectivity index (χ0) is 14.5. The average Bonchev–Trinajstić information content (AvgIpc) is 2.56. The standard InChI is InChI=1S/C17H18N4/c18-21-16(7-6-13-8-11-19-12-9-13)15-5-1-3-14-4-2-10-20-17(14)15/h1-5,8-12,16,21H,6-7,18H2. The van der Waals surface area contributed by atoms with E-state index in [-0.39, 0.29) is 6.04 Å². The van der Waals surface area contributed by atoms with Gasteiger partial charge in [0.2, 0.25) is 0 Å². The topological polar surface area (TPSA) is 63.8 Å². The Balaban J connectivity index is 1.85. The summed E-state index contributed by atoms with van der Waals surface area (Å²) in [6.07, 6.45) is 7.32. The summed E-state index contributed by atoms with van der Waals surface area (Å²) in [6.45, 7) is 0. The van der Waals surface area contributed by atoms with Crippen LogP contribution in [0.2, 0.25) is 0 Å². The normalized spacial score (nSPS) is 12.4. The third kappa shape index (κ3) is 3.07. The highest BCUT2D eigenvalue weighted by Gasteiger charge is 2.13. The van der Waals surface area contributed by atoms with Crippen molar-refractivity contribution in [3.63, 3.8) is 0 Å². The Hall–Kier alpha value is -2.30. The third-order valence-corrected chi connectivity index (χ3v) is 3.71. The number of para-hydroxylation sites is 1. The number of hydrogen-bond acceptors (Lipinski definition) is 4. The van der Waals surface area contributed by atoms with E-state index in [1.165, 1.54) is 5.56 Å². The fraction of sp³-hybridized carbons (Fsp3) is 0.176. The second-order valence-corrected chi connectivity index (χ2v) is 5.04. The van der Waals surface area contributed by atoms with E-state index >= 15 is 0 Å². The molecular formula is C17H18N4. The molecule has 0 saturated carbocycles. The third-order valence-electron chi connectivity index (χ3n) is 3.71. The molecule has 0 aliphatic heterocycles. The zero-order valence-electron chi connectivity index (χ0n) is 11.7. The summed E-state index contributed by atoms with van der Waals surface area (Å²) < 4.78 is 0. The highest BCUT2D eigenvalue weighted by atomic mass is 15.2. The molecule has 3 aromatic rings. The van der Waals surface area contributed by atoms with Gasteiger partial charge in [-0.25, -0.2) is 0 Å². The molecule has 0 spiro atoms. The quantitative estimate of drug-likeness (QED) is 0.556. The summed E-state index contributed by atoms with van der Waals surface area (Å²) in [6, 6.07) is 14.4. The summed E-state index contributed by atoms with van der Waals surface area (Å²) in [7, 11) is 0. The minimum Gasteiger partial charge on any atom is -0.271 e. The first-order valence-electron chi connectivity index (χ1n) is 7.07. The molecule has 1 atom stereocenters. The number of nitrogens with one attached hydrogen (secondary N) is 1. The van der Waals surface area contributed by atoms with Crippen LogP contribution in [-0.4, -0.2) is 9.97 Å². The molecule has 1 unspecified atom stereocenters. The Labute approximate surface area is 124 Å². The SMILES string of the molecule is NNC(CCc1ccncc1)c1cccc2cccnc12. The van der Waals surface area contributed by atoms with Crippen molar-refractivity contribution in [2.45, 2.75) is 18.9 Å². The van der Waals surface area contributed by atoms with Gasteiger partial charge < -0.3 is 0 Å². The smallest absolute Gasteiger partial charge is 0.0750 e. The molecule has 0 amide bonds. The van der Waals surface area contributed by atoms with Crippen molar-refractivity contribution in [3.05, 3.63) is 72.2 Å². The zero-order valence-corrected chi connectivity index (χ0v) is 11.7. The maximum absolute atomic E-state index is 5.77. The molecule has 4 nitrogen and oxygen atoms in total. The van der Waals surface area contributed by atoms with E-state index in [0.29, 0.717) is 0 Å². The molecule has 2 aromatic heterocycles. The Morgan fingerprint density at radius 1 is 1.00 bits per heavy atom. The van der Waals surface area contributed by atoms with Gasteiger partial charge in [0.15, 0.2) is 0 Å². The Bertz CT molecular complexity index is 707. The first-order chi connectivity index (χ1) is 10.4. The van der Waals surface area contributed by atoms with Crippen molar-refractivity contribution in [2.24, 2.45) is 5.84 Å². The lowest BCUT2D eigenvalue weighted by molar-refractivity contribution is 0.519. The van der Waals surface area contributed by atoms with Gasteiger partial charge in [-0.05, 0) is 42.2 Å². The molecule has 4 heteroatoms. The second-order valence-electron chi connectivity index (χ2n) is 5.04. The highest BCUT2D eigenvalue weighted by molar-refractivity contribution is 5.81. The molecule has 21 heavy (non-hydrogen) atoms. The van der Waals surface area contributed by atoms with Crippen LogP contribution in [0, 0.1) is 0 Å². The van der Waals surface area contributed by atoms with Crippen LogP contribution in [0.1, 0.15) is 23.6 Å². The number of fused-ring (bicyclic) bond motifs is 1. The molecule has 0 saturated heterocycles. The molecule has 3 rings (SSSR count). The number of nitrogens with two attached hydrogens (primary N) is 1. The van der Waals surface area contributed by atoms with Crippen LogP contribution >= 0.6 is 0 Å². The first-order valence-corrected chi connectivity index (χ1v) is 7.07. The van der Waals surface area contributed by atoms with Crippen molar-refractivity contribution in [3.8, 4) is 0 Å². The van der Waals surface area contributed by atoms with Gasteiger partial charge in [-0.2, -0.15) is 0 Å². The number of rotatable bonds is 5. The van der Waals surface area contributed by atoms with Gasteiger partial charge in [0.05, 0.1) is 5.52 Å².